The Balaban J connectivity index is 1.93. The summed E-state index contributed by atoms with van der Waals surface area (Å²) >= 11 is 0. The SMILES string of the molecule is Cc1cc(-c2cncc([C@@H]3CCCN3)n2)n[nH]1. The number of aryl methyl sites for hydroxylation is 1. The first-order chi connectivity index (χ1) is 8.33. The molecule has 0 radical (unpaired) electrons. The number of H-pyrrole nitrogens is 1. The van der Waals surface area contributed by atoms with Crippen LogP contribution in [0.2, 0.25) is 0 Å². The van der Waals surface area contributed by atoms with E-state index < -0.39 is 0 Å². The second-order valence-corrected chi connectivity index (χ2v) is 4.41. The first-order valence-corrected chi connectivity index (χ1v) is 5.90. The van der Waals surface area contributed by atoms with E-state index in [4.69, 9.17) is 0 Å². The Bertz CT molecular complexity index is 513. The van der Waals surface area contributed by atoms with Gasteiger partial charge in [0.25, 0.3) is 0 Å². The van der Waals surface area contributed by atoms with Crippen molar-refractivity contribution in [2.45, 2.75) is 25.8 Å². The summed E-state index contributed by atoms with van der Waals surface area (Å²) in [5.74, 6) is 0. The molecule has 2 aromatic heterocycles. The molecule has 5 heteroatoms. The zero-order valence-electron chi connectivity index (χ0n) is 9.77. The molecule has 3 heterocycles. The Morgan fingerprint density at radius 2 is 2.24 bits per heavy atom. The number of nitrogens with zero attached hydrogens (tertiary/aromatic N) is 3. The molecule has 0 unspecified atom stereocenters. The maximum atomic E-state index is 4.63. The second kappa shape index (κ2) is 4.25. The molecule has 2 N–H and O–H groups in total. The molecule has 0 aliphatic carbocycles. The van der Waals surface area contributed by atoms with Crippen molar-refractivity contribution in [3.05, 3.63) is 29.8 Å². The van der Waals surface area contributed by atoms with Crippen molar-refractivity contribution in [3.63, 3.8) is 0 Å². The predicted molar refractivity (Wildman–Crippen MR) is 64.3 cm³/mol. The molecule has 1 fully saturated rings. The summed E-state index contributed by atoms with van der Waals surface area (Å²) in [4.78, 5) is 8.89. The van der Waals surface area contributed by atoms with Gasteiger partial charge in [0.2, 0.25) is 0 Å². The summed E-state index contributed by atoms with van der Waals surface area (Å²) < 4.78 is 0. The van der Waals surface area contributed by atoms with Gasteiger partial charge in [0.15, 0.2) is 0 Å². The van der Waals surface area contributed by atoms with Crippen LogP contribution in [0.25, 0.3) is 11.4 Å². The molecule has 0 amide bonds. The Morgan fingerprint density at radius 1 is 1.29 bits per heavy atom. The van der Waals surface area contributed by atoms with E-state index >= 15 is 0 Å². The lowest BCUT2D eigenvalue weighted by atomic mass is 10.1. The largest absolute Gasteiger partial charge is 0.309 e. The highest BCUT2D eigenvalue weighted by atomic mass is 15.1. The predicted octanol–water partition coefficient (Wildman–Crippen LogP) is 1.60. The molecule has 2 aromatic rings. The van der Waals surface area contributed by atoms with Crippen molar-refractivity contribution in [1.29, 1.82) is 0 Å². The third-order valence-electron chi connectivity index (χ3n) is 3.04. The van der Waals surface area contributed by atoms with Crippen molar-refractivity contribution in [1.82, 2.24) is 25.5 Å². The minimum absolute atomic E-state index is 0.350. The molecule has 0 saturated carbocycles. The fourth-order valence-corrected chi connectivity index (χ4v) is 2.16. The van der Waals surface area contributed by atoms with Gasteiger partial charge in [-0.1, -0.05) is 0 Å². The fourth-order valence-electron chi connectivity index (χ4n) is 2.16. The molecule has 0 spiro atoms. The minimum atomic E-state index is 0.350. The highest BCUT2D eigenvalue weighted by Gasteiger charge is 2.18. The van der Waals surface area contributed by atoms with E-state index in [2.05, 4.69) is 25.5 Å². The van der Waals surface area contributed by atoms with Crippen LogP contribution < -0.4 is 5.32 Å². The molecule has 3 rings (SSSR count). The quantitative estimate of drug-likeness (QED) is 0.820. The Labute approximate surface area is 99.7 Å². The molecule has 5 nitrogen and oxygen atoms in total. The molecule has 1 aliphatic heterocycles. The third kappa shape index (κ3) is 2.06. The van der Waals surface area contributed by atoms with E-state index in [0.717, 1.165) is 35.7 Å². The molecule has 17 heavy (non-hydrogen) atoms. The smallest absolute Gasteiger partial charge is 0.112 e. The lowest BCUT2D eigenvalue weighted by Crippen LogP contribution is -2.14. The van der Waals surface area contributed by atoms with Crippen LogP contribution in [0.4, 0.5) is 0 Å². The minimum Gasteiger partial charge on any atom is -0.309 e. The lowest BCUT2D eigenvalue weighted by Gasteiger charge is -2.09. The maximum Gasteiger partial charge on any atom is 0.112 e. The van der Waals surface area contributed by atoms with E-state index in [9.17, 15) is 0 Å². The van der Waals surface area contributed by atoms with E-state index in [1.54, 1.807) is 6.20 Å². The standard InChI is InChI=1S/C12H15N5/c1-8-5-10(17-16-8)12-7-13-6-11(15-12)9-3-2-4-14-9/h5-7,9,14H,2-4H2,1H3,(H,16,17)/t9-/m0/s1. The van der Waals surface area contributed by atoms with Gasteiger partial charge in [-0.3, -0.25) is 10.1 Å². The van der Waals surface area contributed by atoms with Crippen molar-refractivity contribution in [3.8, 4) is 11.4 Å². The van der Waals surface area contributed by atoms with Gasteiger partial charge in [0.1, 0.15) is 11.4 Å². The number of hydrogen-bond donors (Lipinski definition) is 2. The molecule has 1 aliphatic rings. The summed E-state index contributed by atoms with van der Waals surface area (Å²) in [6.45, 7) is 3.05. The monoisotopic (exact) mass is 229 g/mol. The molecule has 88 valence electrons. The molecule has 0 aromatic carbocycles. The topological polar surface area (TPSA) is 66.5 Å². The first kappa shape index (κ1) is 10.4. The summed E-state index contributed by atoms with van der Waals surface area (Å²) in [6, 6.07) is 2.33. The maximum absolute atomic E-state index is 4.63. The molecular weight excluding hydrogens is 214 g/mol. The van der Waals surface area contributed by atoms with Gasteiger partial charge >= 0.3 is 0 Å². The molecule has 1 saturated heterocycles. The molecular formula is C12H15N5. The van der Waals surface area contributed by atoms with Gasteiger partial charge in [-0.15, -0.1) is 0 Å². The normalized spacial score (nSPS) is 19.7. The van der Waals surface area contributed by atoms with E-state index in [1.165, 1.54) is 6.42 Å². The Kier molecular flexibility index (Phi) is 2.60. The van der Waals surface area contributed by atoms with Gasteiger partial charge in [-0.25, -0.2) is 4.98 Å². The van der Waals surface area contributed by atoms with Crippen LogP contribution in [0.3, 0.4) is 0 Å². The van der Waals surface area contributed by atoms with Gasteiger partial charge in [0.05, 0.1) is 24.1 Å². The highest BCUT2D eigenvalue weighted by molar-refractivity contribution is 5.52. The number of aromatic nitrogens is 4. The van der Waals surface area contributed by atoms with Crippen LogP contribution in [-0.4, -0.2) is 26.7 Å². The van der Waals surface area contributed by atoms with Crippen molar-refractivity contribution >= 4 is 0 Å². The highest BCUT2D eigenvalue weighted by Crippen LogP contribution is 2.22. The summed E-state index contributed by atoms with van der Waals surface area (Å²) in [7, 11) is 0. The first-order valence-electron chi connectivity index (χ1n) is 5.90. The van der Waals surface area contributed by atoms with E-state index in [1.807, 2.05) is 19.2 Å². The van der Waals surface area contributed by atoms with Crippen molar-refractivity contribution in [2.75, 3.05) is 6.54 Å². The molecule has 1 atom stereocenters. The van der Waals surface area contributed by atoms with Crippen LogP contribution in [0.5, 0.6) is 0 Å². The van der Waals surface area contributed by atoms with E-state index in [0.29, 0.717) is 6.04 Å². The van der Waals surface area contributed by atoms with Crippen molar-refractivity contribution in [2.24, 2.45) is 0 Å². The zero-order chi connectivity index (χ0) is 11.7. The average molecular weight is 229 g/mol. The average Bonchev–Trinajstić information content (AvgIpc) is 3.00. The number of rotatable bonds is 2. The van der Waals surface area contributed by atoms with Crippen molar-refractivity contribution < 1.29 is 0 Å². The van der Waals surface area contributed by atoms with E-state index in [-0.39, 0.29) is 0 Å². The van der Waals surface area contributed by atoms with Gasteiger partial charge in [0, 0.05) is 5.69 Å². The Hall–Kier alpha value is -1.75. The van der Waals surface area contributed by atoms with Gasteiger partial charge < -0.3 is 5.32 Å². The zero-order valence-corrected chi connectivity index (χ0v) is 9.77. The van der Waals surface area contributed by atoms with Gasteiger partial charge in [-0.05, 0) is 32.4 Å². The summed E-state index contributed by atoms with van der Waals surface area (Å²) in [5, 5.41) is 10.6. The number of nitrogens with one attached hydrogen (secondary N) is 2. The number of aromatic amines is 1. The molecule has 0 bridgehead atoms. The second-order valence-electron chi connectivity index (χ2n) is 4.41. The summed E-state index contributed by atoms with van der Waals surface area (Å²) in [5.41, 5.74) is 3.74. The fraction of sp³-hybridized carbons (Fsp3) is 0.417. The van der Waals surface area contributed by atoms with Crippen LogP contribution in [0.15, 0.2) is 18.5 Å². The van der Waals surface area contributed by atoms with Crippen LogP contribution in [-0.2, 0) is 0 Å². The summed E-state index contributed by atoms with van der Waals surface area (Å²) in [6.07, 6.45) is 5.94. The third-order valence-corrected chi connectivity index (χ3v) is 3.04. The Morgan fingerprint density at radius 3 is 2.94 bits per heavy atom. The lowest BCUT2D eigenvalue weighted by molar-refractivity contribution is 0.625. The van der Waals surface area contributed by atoms with Crippen LogP contribution >= 0.6 is 0 Å². The number of hydrogen-bond acceptors (Lipinski definition) is 4. The van der Waals surface area contributed by atoms with Crippen LogP contribution in [0.1, 0.15) is 30.3 Å². The van der Waals surface area contributed by atoms with Crippen LogP contribution in [0, 0.1) is 6.92 Å². The van der Waals surface area contributed by atoms with Gasteiger partial charge in [-0.2, -0.15) is 5.10 Å².